The molecule has 1 heterocycles. The van der Waals surface area contributed by atoms with Crippen LogP contribution in [-0.4, -0.2) is 49.2 Å². The van der Waals surface area contributed by atoms with Crippen LogP contribution in [0.4, 0.5) is 0 Å². The minimum Gasteiger partial charge on any atom is -0.462 e. The van der Waals surface area contributed by atoms with Crippen LogP contribution in [0.5, 0.6) is 0 Å². The number of carbonyl (C=O) groups is 1. The van der Waals surface area contributed by atoms with Gasteiger partial charge in [-0.05, 0) is 46.5 Å². The Labute approximate surface area is 111 Å². The van der Waals surface area contributed by atoms with Crippen LogP contribution in [0.2, 0.25) is 0 Å². The van der Waals surface area contributed by atoms with Crippen molar-refractivity contribution in [2.45, 2.75) is 52.2 Å². The van der Waals surface area contributed by atoms with Crippen molar-refractivity contribution in [3.63, 3.8) is 0 Å². The number of ether oxygens (including phenoxy) is 1. The Morgan fingerprint density at radius 3 is 2.44 bits per heavy atom. The van der Waals surface area contributed by atoms with Crippen molar-refractivity contribution in [2.75, 3.05) is 26.2 Å². The lowest BCUT2D eigenvalue weighted by Gasteiger charge is -2.33. The molecule has 4 heteroatoms. The first-order valence-electron chi connectivity index (χ1n) is 6.98. The lowest BCUT2D eigenvalue weighted by atomic mass is 10.2. The van der Waals surface area contributed by atoms with E-state index in [0.29, 0.717) is 6.47 Å². The Hall–Kier alpha value is -0.610. The van der Waals surface area contributed by atoms with Gasteiger partial charge in [-0.25, -0.2) is 0 Å². The Kier molecular flexibility index (Phi) is 6.09. The van der Waals surface area contributed by atoms with Gasteiger partial charge < -0.3 is 10.1 Å². The van der Waals surface area contributed by atoms with E-state index in [-0.39, 0.29) is 5.60 Å². The van der Waals surface area contributed by atoms with Crippen molar-refractivity contribution in [2.24, 2.45) is 5.92 Å². The highest BCUT2D eigenvalue weighted by Gasteiger charge is 2.27. The minimum atomic E-state index is -0.318. The smallest absolute Gasteiger partial charge is 0.293 e. The van der Waals surface area contributed by atoms with E-state index >= 15 is 0 Å². The van der Waals surface area contributed by atoms with Crippen LogP contribution >= 0.6 is 0 Å². The van der Waals surface area contributed by atoms with Gasteiger partial charge in [0.15, 0.2) is 0 Å². The monoisotopic (exact) mass is 256 g/mol. The van der Waals surface area contributed by atoms with Gasteiger partial charge >= 0.3 is 0 Å². The van der Waals surface area contributed by atoms with Crippen molar-refractivity contribution in [3.8, 4) is 0 Å². The molecule has 1 atom stereocenters. The van der Waals surface area contributed by atoms with E-state index in [1.54, 1.807) is 0 Å². The molecule has 4 nitrogen and oxygen atoms in total. The second-order valence-corrected chi connectivity index (χ2v) is 6.32. The van der Waals surface area contributed by atoms with Gasteiger partial charge in [0.05, 0.1) is 0 Å². The summed E-state index contributed by atoms with van der Waals surface area (Å²) in [5.74, 6) is 1.05. The Bertz CT molecular complexity index is 247. The highest BCUT2D eigenvalue weighted by Crippen LogP contribution is 2.30. The summed E-state index contributed by atoms with van der Waals surface area (Å²) in [5, 5.41) is 3.42. The fraction of sp³-hybridized carbons (Fsp3) is 0.929. The number of nitrogens with one attached hydrogen (secondary N) is 1. The van der Waals surface area contributed by atoms with E-state index in [1.165, 1.54) is 39.0 Å². The third-order valence-electron chi connectivity index (χ3n) is 3.23. The Balaban J connectivity index is 0.000000203. The second kappa shape index (κ2) is 7.10. The van der Waals surface area contributed by atoms with E-state index in [2.05, 4.69) is 21.9 Å². The number of hydrogen-bond donors (Lipinski definition) is 1. The van der Waals surface area contributed by atoms with Crippen LogP contribution in [0.1, 0.15) is 40.5 Å². The summed E-state index contributed by atoms with van der Waals surface area (Å²) in [7, 11) is 0. The van der Waals surface area contributed by atoms with Gasteiger partial charge in [0.2, 0.25) is 0 Å². The van der Waals surface area contributed by atoms with Crippen LogP contribution in [0.25, 0.3) is 0 Å². The van der Waals surface area contributed by atoms with Crippen molar-refractivity contribution in [1.82, 2.24) is 10.2 Å². The van der Waals surface area contributed by atoms with E-state index in [1.807, 2.05) is 20.8 Å². The van der Waals surface area contributed by atoms with Gasteiger partial charge in [-0.1, -0.05) is 0 Å². The molecule has 0 bridgehead atoms. The molecule has 2 rings (SSSR count). The van der Waals surface area contributed by atoms with Crippen molar-refractivity contribution in [1.29, 1.82) is 0 Å². The minimum absolute atomic E-state index is 0.318. The van der Waals surface area contributed by atoms with E-state index in [0.717, 1.165) is 12.0 Å². The molecule has 1 aliphatic carbocycles. The maximum absolute atomic E-state index is 9.60. The van der Waals surface area contributed by atoms with Gasteiger partial charge in [0, 0.05) is 32.2 Å². The van der Waals surface area contributed by atoms with Crippen LogP contribution < -0.4 is 5.32 Å². The van der Waals surface area contributed by atoms with Crippen molar-refractivity contribution in [3.05, 3.63) is 0 Å². The van der Waals surface area contributed by atoms with Gasteiger partial charge in [-0.15, -0.1) is 0 Å². The summed E-state index contributed by atoms with van der Waals surface area (Å²) in [4.78, 5) is 12.2. The second-order valence-electron chi connectivity index (χ2n) is 6.32. The number of hydrogen-bond acceptors (Lipinski definition) is 4. The molecule has 0 aromatic rings. The van der Waals surface area contributed by atoms with E-state index in [4.69, 9.17) is 0 Å². The molecule has 0 radical (unpaired) electrons. The number of nitrogens with zero attached hydrogens (tertiary/aromatic N) is 1. The predicted molar refractivity (Wildman–Crippen MR) is 73.5 cm³/mol. The van der Waals surface area contributed by atoms with Crippen LogP contribution in [0.3, 0.4) is 0 Å². The summed E-state index contributed by atoms with van der Waals surface area (Å²) < 4.78 is 4.55. The summed E-state index contributed by atoms with van der Waals surface area (Å²) in [6.45, 7) is 13.3. The molecule has 0 aromatic carbocycles. The zero-order valence-corrected chi connectivity index (χ0v) is 12.2. The molecule has 1 saturated heterocycles. The summed E-state index contributed by atoms with van der Waals surface area (Å²) in [6.07, 6.45) is 2.97. The summed E-state index contributed by atoms with van der Waals surface area (Å²) >= 11 is 0. The topological polar surface area (TPSA) is 41.6 Å². The standard InChI is InChI=1S/C9H18N2.C5H10O2/c1-8-6-10-4-5-11(8)7-9-2-3-9;1-5(2,3)7-4-6/h8-10H,2-7H2,1H3;4H,1-3H3. The number of rotatable bonds is 3. The van der Waals surface area contributed by atoms with E-state index in [9.17, 15) is 4.79 Å². The average molecular weight is 256 g/mol. The van der Waals surface area contributed by atoms with Gasteiger partial charge in [0.25, 0.3) is 6.47 Å². The molecular weight excluding hydrogens is 228 g/mol. The molecule has 106 valence electrons. The molecule has 0 amide bonds. The zero-order chi connectivity index (χ0) is 13.6. The molecule has 1 saturated carbocycles. The molecule has 2 fully saturated rings. The molecule has 0 spiro atoms. The van der Waals surface area contributed by atoms with Crippen molar-refractivity contribution >= 4 is 6.47 Å². The maximum Gasteiger partial charge on any atom is 0.293 e. The summed E-state index contributed by atoms with van der Waals surface area (Å²) in [6, 6.07) is 0.768. The highest BCUT2D eigenvalue weighted by atomic mass is 16.5. The fourth-order valence-corrected chi connectivity index (χ4v) is 1.93. The van der Waals surface area contributed by atoms with Crippen molar-refractivity contribution < 1.29 is 9.53 Å². The quantitative estimate of drug-likeness (QED) is 0.780. The fourth-order valence-electron chi connectivity index (χ4n) is 1.93. The molecule has 18 heavy (non-hydrogen) atoms. The lowest BCUT2D eigenvalue weighted by Crippen LogP contribution is -2.50. The lowest BCUT2D eigenvalue weighted by molar-refractivity contribution is -0.138. The average Bonchev–Trinajstić information content (AvgIpc) is 3.04. The van der Waals surface area contributed by atoms with Gasteiger partial charge in [-0.2, -0.15) is 0 Å². The normalized spacial score (nSPS) is 25.0. The Morgan fingerprint density at radius 2 is 2.06 bits per heavy atom. The summed E-state index contributed by atoms with van der Waals surface area (Å²) in [5.41, 5.74) is -0.318. The van der Waals surface area contributed by atoms with Gasteiger partial charge in [-0.3, -0.25) is 9.69 Å². The van der Waals surface area contributed by atoms with Gasteiger partial charge in [0.1, 0.15) is 5.60 Å². The third kappa shape index (κ3) is 6.97. The predicted octanol–water partition coefficient (Wildman–Crippen LogP) is 1.65. The molecule has 2 aliphatic rings. The molecule has 1 aliphatic heterocycles. The van der Waals surface area contributed by atoms with Crippen LogP contribution in [0.15, 0.2) is 0 Å². The highest BCUT2D eigenvalue weighted by molar-refractivity contribution is 5.37. The number of carbonyl (C=O) groups excluding carboxylic acids is 1. The molecule has 0 aromatic heterocycles. The van der Waals surface area contributed by atoms with E-state index < -0.39 is 0 Å². The number of piperazine rings is 1. The largest absolute Gasteiger partial charge is 0.462 e. The molecular formula is C14H28N2O2. The third-order valence-corrected chi connectivity index (χ3v) is 3.23. The zero-order valence-electron chi connectivity index (χ0n) is 12.2. The first kappa shape index (κ1) is 15.4. The SMILES string of the molecule is CC(C)(C)OC=O.CC1CNCCN1CC1CC1. The first-order valence-corrected chi connectivity index (χ1v) is 6.98. The van der Waals surface area contributed by atoms with Crippen LogP contribution in [-0.2, 0) is 9.53 Å². The first-order chi connectivity index (χ1) is 8.42. The Morgan fingerprint density at radius 1 is 1.39 bits per heavy atom. The maximum atomic E-state index is 9.60. The van der Waals surface area contributed by atoms with Crippen LogP contribution in [0, 0.1) is 5.92 Å². The molecule has 1 N–H and O–H groups in total. The molecule has 1 unspecified atom stereocenters.